The molecule has 2 heterocycles. The maximum absolute atomic E-state index is 13.1. The average molecular weight is 445 g/mol. The van der Waals surface area contributed by atoms with E-state index in [0.29, 0.717) is 22.2 Å². The molecule has 1 atom stereocenters. The third kappa shape index (κ3) is 3.48. The van der Waals surface area contributed by atoms with E-state index >= 15 is 0 Å². The van der Waals surface area contributed by atoms with Gasteiger partial charge in [0, 0.05) is 20.9 Å². The Labute approximate surface area is 169 Å². The Bertz CT molecular complexity index is 1030. The van der Waals surface area contributed by atoms with Crippen molar-refractivity contribution in [1.29, 1.82) is 0 Å². The fourth-order valence-corrected chi connectivity index (χ4v) is 3.46. The molecule has 1 aliphatic rings. The lowest BCUT2D eigenvalue weighted by Gasteiger charge is -2.28. The number of allylic oxidation sites excluding steroid dienone is 1. The average Bonchev–Trinajstić information content (AvgIpc) is 3.11. The van der Waals surface area contributed by atoms with E-state index in [2.05, 4.69) is 36.6 Å². The first-order chi connectivity index (χ1) is 13.0. The lowest BCUT2D eigenvalue weighted by Crippen LogP contribution is -2.31. The van der Waals surface area contributed by atoms with Crippen molar-refractivity contribution in [3.05, 3.63) is 81.2 Å². The molecule has 3 aromatic rings. The Morgan fingerprint density at radius 3 is 2.59 bits per heavy atom. The zero-order chi connectivity index (χ0) is 19.0. The summed E-state index contributed by atoms with van der Waals surface area (Å²) < 4.78 is 2.68. The molecule has 2 N–H and O–H groups in total. The van der Waals surface area contributed by atoms with Crippen molar-refractivity contribution in [2.45, 2.75) is 13.0 Å². The second kappa shape index (κ2) is 7.17. The van der Waals surface area contributed by atoms with Crippen LogP contribution in [0.2, 0.25) is 5.02 Å². The minimum Gasteiger partial charge on any atom is -0.328 e. The highest BCUT2D eigenvalue weighted by Crippen LogP contribution is 2.35. The summed E-state index contributed by atoms with van der Waals surface area (Å²) in [5, 5.41) is 11.0. The highest BCUT2D eigenvalue weighted by Gasteiger charge is 2.33. The first-order valence-corrected chi connectivity index (χ1v) is 9.39. The number of carbonyl (C=O) groups excluding carboxylic acids is 1. The molecule has 27 heavy (non-hydrogen) atoms. The van der Waals surface area contributed by atoms with Crippen LogP contribution < -0.4 is 10.6 Å². The van der Waals surface area contributed by atoms with Gasteiger partial charge in [0.15, 0.2) is 0 Å². The first kappa shape index (κ1) is 17.8. The summed E-state index contributed by atoms with van der Waals surface area (Å²) >= 11 is 9.38. The number of aromatic nitrogens is 3. The predicted octanol–water partition coefficient (Wildman–Crippen LogP) is 4.62. The van der Waals surface area contributed by atoms with Gasteiger partial charge < -0.3 is 10.6 Å². The molecule has 0 fully saturated rings. The molecule has 136 valence electrons. The number of benzene rings is 2. The molecule has 0 aliphatic carbocycles. The van der Waals surface area contributed by atoms with E-state index in [0.717, 1.165) is 15.7 Å². The third-order valence-corrected chi connectivity index (χ3v) is 5.11. The van der Waals surface area contributed by atoms with Crippen LogP contribution >= 0.6 is 27.5 Å². The number of rotatable bonds is 3. The molecule has 8 heteroatoms. The smallest absolute Gasteiger partial charge is 0.255 e. The van der Waals surface area contributed by atoms with E-state index in [1.807, 2.05) is 31.2 Å². The monoisotopic (exact) mass is 443 g/mol. The van der Waals surface area contributed by atoms with Gasteiger partial charge in [0.2, 0.25) is 5.95 Å². The number of anilines is 2. The topological polar surface area (TPSA) is 71.8 Å². The van der Waals surface area contributed by atoms with Crippen LogP contribution in [-0.4, -0.2) is 20.7 Å². The number of amides is 1. The number of carbonyl (C=O) groups is 1. The number of fused-ring (bicyclic) bond motifs is 1. The lowest BCUT2D eigenvalue weighted by molar-refractivity contribution is -0.113. The van der Waals surface area contributed by atoms with Gasteiger partial charge in [-0.15, -0.1) is 0 Å². The largest absolute Gasteiger partial charge is 0.328 e. The van der Waals surface area contributed by atoms with Crippen LogP contribution in [0.25, 0.3) is 0 Å². The van der Waals surface area contributed by atoms with Crippen molar-refractivity contribution in [2.24, 2.45) is 0 Å². The highest BCUT2D eigenvalue weighted by molar-refractivity contribution is 9.10. The van der Waals surface area contributed by atoms with E-state index in [1.165, 1.54) is 6.33 Å². The molecule has 1 aliphatic heterocycles. The van der Waals surface area contributed by atoms with E-state index in [1.54, 1.807) is 28.9 Å². The minimum atomic E-state index is -0.385. The van der Waals surface area contributed by atoms with Crippen LogP contribution in [0, 0.1) is 0 Å². The molecule has 1 amide bonds. The Hall–Kier alpha value is -2.64. The SMILES string of the molecule is CC1=C(C(=O)Nc2ccc(Cl)cc2)[C@H](c2ccc(Br)cc2)n2ncnc2N1. The highest BCUT2D eigenvalue weighted by atomic mass is 79.9. The van der Waals surface area contributed by atoms with Crippen molar-refractivity contribution < 1.29 is 4.79 Å². The molecule has 0 saturated heterocycles. The molecule has 2 aromatic carbocycles. The number of nitrogens with zero attached hydrogens (tertiary/aromatic N) is 3. The summed E-state index contributed by atoms with van der Waals surface area (Å²) in [7, 11) is 0. The molecule has 0 saturated carbocycles. The summed E-state index contributed by atoms with van der Waals surface area (Å²) in [6, 6.07) is 14.4. The molecule has 6 nitrogen and oxygen atoms in total. The van der Waals surface area contributed by atoms with E-state index in [-0.39, 0.29) is 11.9 Å². The third-order valence-electron chi connectivity index (χ3n) is 4.33. The Morgan fingerprint density at radius 1 is 1.19 bits per heavy atom. The van der Waals surface area contributed by atoms with Gasteiger partial charge in [-0.3, -0.25) is 4.79 Å². The molecule has 0 radical (unpaired) electrons. The molecular weight excluding hydrogens is 430 g/mol. The number of halogens is 2. The fraction of sp³-hybridized carbons (Fsp3) is 0.105. The van der Waals surface area contributed by atoms with Crippen molar-refractivity contribution in [3.63, 3.8) is 0 Å². The molecule has 0 unspecified atom stereocenters. The fourth-order valence-electron chi connectivity index (χ4n) is 3.07. The second-order valence-electron chi connectivity index (χ2n) is 6.11. The molecular formula is C19H15BrClN5O. The van der Waals surface area contributed by atoms with Gasteiger partial charge in [0.25, 0.3) is 5.91 Å². The van der Waals surface area contributed by atoms with E-state index in [4.69, 9.17) is 11.6 Å². The molecule has 0 spiro atoms. The summed E-state index contributed by atoms with van der Waals surface area (Å²) in [5.41, 5.74) is 2.91. The van der Waals surface area contributed by atoms with E-state index < -0.39 is 0 Å². The van der Waals surface area contributed by atoms with Gasteiger partial charge in [-0.25, -0.2) is 4.68 Å². The Balaban J connectivity index is 1.74. The van der Waals surface area contributed by atoms with Gasteiger partial charge in [0.1, 0.15) is 12.4 Å². The van der Waals surface area contributed by atoms with Crippen LogP contribution in [-0.2, 0) is 4.79 Å². The zero-order valence-electron chi connectivity index (χ0n) is 14.3. The van der Waals surface area contributed by atoms with Crippen molar-refractivity contribution in [3.8, 4) is 0 Å². The van der Waals surface area contributed by atoms with Crippen molar-refractivity contribution in [2.75, 3.05) is 10.6 Å². The van der Waals surface area contributed by atoms with Gasteiger partial charge in [-0.2, -0.15) is 10.1 Å². The number of hydrogen-bond donors (Lipinski definition) is 2. The normalized spacial score (nSPS) is 15.9. The van der Waals surface area contributed by atoms with Crippen LogP contribution in [0.4, 0.5) is 11.6 Å². The van der Waals surface area contributed by atoms with E-state index in [9.17, 15) is 4.79 Å². The molecule has 1 aromatic heterocycles. The van der Waals surface area contributed by atoms with Crippen LogP contribution in [0.5, 0.6) is 0 Å². The number of nitrogens with one attached hydrogen (secondary N) is 2. The summed E-state index contributed by atoms with van der Waals surface area (Å²) in [4.78, 5) is 17.4. The zero-order valence-corrected chi connectivity index (χ0v) is 16.6. The Kier molecular flexibility index (Phi) is 4.72. The van der Waals surface area contributed by atoms with Crippen LogP contribution in [0.3, 0.4) is 0 Å². The minimum absolute atomic E-state index is 0.212. The standard InChI is InChI=1S/C19H15BrClN5O/c1-11-16(18(27)25-15-8-6-14(21)7-9-15)17(12-2-4-13(20)5-3-12)26-19(24-11)22-10-23-26/h2-10,17H,1H3,(H,25,27)(H,22,23,24)/t17-/m0/s1. The van der Waals surface area contributed by atoms with Crippen molar-refractivity contribution >= 4 is 45.1 Å². The maximum atomic E-state index is 13.1. The lowest BCUT2D eigenvalue weighted by atomic mass is 9.95. The summed E-state index contributed by atoms with van der Waals surface area (Å²) in [6.45, 7) is 1.86. The number of hydrogen-bond acceptors (Lipinski definition) is 4. The maximum Gasteiger partial charge on any atom is 0.255 e. The van der Waals surface area contributed by atoms with Gasteiger partial charge in [-0.05, 0) is 48.9 Å². The van der Waals surface area contributed by atoms with Crippen molar-refractivity contribution in [1.82, 2.24) is 14.8 Å². The van der Waals surface area contributed by atoms with Crippen LogP contribution in [0.15, 0.2) is 70.6 Å². The van der Waals surface area contributed by atoms with Crippen LogP contribution in [0.1, 0.15) is 18.5 Å². The predicted molar refractivity (Wildman–Crippen MR) is 109 cm³/mol. The van der Waals surface area contributed by atoms with Gasteiger partial charge in [0.05, 0.1) is 5.57 Å². The summed E-state index contributed by atoms with van der Waals surface area (Å²) in [6.07, 6.45) is 1.47. The molecule has 4 rings (SSSR count). The Morgan fingerprint density at radius 2 is 1.89 bits per heavy atom. The first-order valence-electron chi connectivity index (χ1n) is 8.22. The van der Waals surface area contributed by atoms with Gasteiger partial charge in [-0.1, -0.05) is 39.7 Å². The second-order valence-corrected chi connectivity index (χ2v) is 7.46. The summed E-state index contributed by atoms with van der Waals surface area (Å²) in [5.74, 6) is 0.389. The molecule has 0 bridgehead atoms. The van der Waals surface area contributed by atoms with Gasteiger partial charge >= 0.3 is 0 Å². The quantitative estimate of drug-likeness (QED) is 0.618.